The topological polar surface area (TPSA) is 20.2 Å². The average molecular weight is 181 g/mol. The number of aliphatic hydroxyl groups is 1. The molecule has 0 heterocycles. The highest BCUT2D eigenvalue weighted by Crippen LogP contribution is 2.23. The van der Waals surface area contributed by atoms with Crippen molar-refractivity contribution in [1.82, 2.24) is 0 Å². The number of aliphatic hydroxyl groups excluding tert-OH is 1. The summed E-state index contributed by atoms with van der Waals surface area (Å²) in [5.74, 6) is 0. The highest BCUT2D eigenvalue weighted by atomic mass is 19.4. The Labute approximate surface area is 69.9 Å². The zero-order valence-corrected chi connectivity index (χ0v) is 6.64. The van der Waals surface area contributed by atoms with E-state index in [0.717, 1.165) is 0 Å². The van der Waals surface area contributed by atoms with Crippen molar-refractivity contribution >= 4 is 0 Å². The Balaban J connectivity index is 3.44. The summed E-state index contributed by atoms with van der Waals surface area (Å²) >= 11 is 0. The minimum absolute atomic E-state index is 0.239. The second-order valence-electron chi connectivity index (χ2n) is 2.58. The van der Waals surface area contributed by atoms with Crippen molar-refractivity contribution < 1.29 is 18.3 Å². The quantitative estimate of drug-likeness (QED) is 0.646. The molecule has 0 aromatic rings. The first-order chi connectivity index (χ1) is 5.48. The summed E-state index contributed by atoms with van der Waals surface area (Å²) < 4.78 is 35.0. The maximum absolute atomic E-state index is 11.7. The van der Waals surface area contributed by atoms with Gasteiger partial charge in [-0.15, -0.1) is 0 Å². The zero-order valence-electron chi connectivity index (χ0n) is 6.64. The highest BCUT2D eigenvalue weighted by molar-refractivity contribution is 4.67. The number of rotatable bonds is 5. The molecule has 0 aromatic carbocycles. The van der Waals surface area contributed by atoms with Gasteiger partial charge in [-0.1, -0.05) is 19.1 Å². The Kier molecular flexibility index (Phi) is 4.97. The third-order valence-corrected chi connectivity index (χ3v) is 1.48. The summed E-state index contributed by atoms with van der Waals surface area (Å²) in [7, 11) is 0. The van der Waals surface area contributed by atoms with Gasteiger partial charge in [-0.2, -0.15) is 13.2 Å². The Morgan fingerprint density at radius 2 is 1.92 bits per heavy atom. The van der Waals surface area contributed by atoms with Crippen LogP contribution < -0.4 is 0 Å². The lowest BCUT2D eigenvalue weighted by Gasteiger charge is -2.13. The molecule has 12 heavy (non-hydrogen) atoms. The van der Waals surface area contributed by atoms with Crippen LogP contribution in [0.1, 0.15) is 25.7 Å². The van der Waals surface area contributed by atoms with Crippen LogP contribution in [0.3, 0.4) is 0 Å². The Bertz CT molecular complexity index is 131. The minimum Gasteiger partial charge on any atom is -0.384 e. The molecule has 4 heteroatoms. The second-order valence-corrected chi connectivity index (χ2v) is 2.58. The summed E-state index contributed by atoms with van der Waals surface area (Å²) in [6, 6.07) is 0. The fraction of sp³-hybridized carbons (Fsp3) is 0.750. The third kappa shape index (κ3) is 5.18. The van der Waals surface area contributed by atoms with Crippen LogP contribution in [0.4, 0.5) is 13.2 Å². The van der Waals surface area contributed by atoms with Gasteiger partial charge in [0.2, 0.25) is 0 Å². The maximum Gasteiger partial charge on any atom is 0.414 e. The van der Waals surface area contributed by atoms with E-state index in [1.165, 1.54) is 6.08 Å². The molecule has 0 aliphatic rings. The number of alkyl halides is 3. The summed E-state index contributed by atoms with van der Waals surface area (Å²) in [4.78, 5) is 0. The second kappa shape index (κ2) is 5.19. The van der Waals surface area contributed by atoms with Crippen LogP contribution >= 0.6 is 0 Å². The standard InChI is InChI=1S/C8H12F3O/c1-2-3-4-5-6-7(12)8(9,10)11/h1-2,7,12H,3-6H2. The number of unbranched alkanes of at least 4 members (excludes halogenated alkanes) is 2. The average Bonchev–Trinajstić information content (AvgIpc) is 1.96. The van der Waals surface area contributed by atoms with Gasteiger partial charge in [0.1, 0.15) is 6.10 Å². The SMILES string of the molecule is [CH]=CCCCCC(O)C(F)(F)F. The highest BCUT2D eigenvalue weighted by Gasteiger charge is 2.37. The lowest BCUT2D eigenvalue weighted by Crippen LogP contribution is -2.28. The zero-order chi connectivity index (χ0) is 9.61. The van der Waals surface area contributed by atoms with Gasteiger partial charge in [0.05, 0.1) is 0 Å². The molecule has 0 saturated carbocycles. The van der Waals surface area contributed by atoms with Crippen LogP contribution in [0.25, 0.3) is 0 Å². The molecule has 0 bridgehead atoms. The van der Waals surface area contributed by atoms with Crippen molar-refractivity contribution in [3.8, 4) is 0 Å². The molecular weight excluding hydrogens is 169 g/mol. The van der Waals surface area contributed by atoms with E-state index < -0.39 is 12.3 Å². The normalized spacial score (nSPS) is 14.3. The lowest BCUT2D eigenvalue weighted by molar-refractivity contribution is -0.205. The molecule has 0 aromatic heterocycles. The summed E-state index contributed by atoms with van der Waals surface area (Å²) in [6.45, 7) is 5.02. The number of halogens is 3. The predicted octanol–water partition coefficient (Wildman–Crippen LogP) is 2.46. The van der Waals surface area contributed by atoms with E-state index in [9.17, 15) is 13.2 Å². The first kappa shape index (κ1) is 11.5. The molecule has 0 amide bonds. The van der Waals surface area contributed by atoms with E-state index in [0.29, 0.717) is 19.3 Å². The van der Waals surface area contributed by atoms with Gasteiger partial charge < -0.3 is 5.11 Å². The van der Waals surface area contributed by atoms with Crippen molar-refractivity contribution in [2.75, 3.05) is 0 Å². The van der Waals surface area contributed by atoms with Gasteiger partial charge in [0, 0.05) is 0 Å². The van der Waals surface area contributed by atoms with Crippen LogP contribution in [-0.2, 0) is 0 Å². The molecule has 1 N–H and O–H groups in total. The molecule has 1 atom stereocenters. The molecule has 0 rings (SSSR count). The first-order valence-electron chi connectivity index (χ1n) is 3.76. The van der Waals surface area contributed by atoms with E-state index in [1.54, 1.807) is 0 Å². The Morgan fingerprint density at radius 3 is 2.33 bits per heavy atom. The van der Waals surface area contributed by atoms with E-state index in [-0.39, 0.29) is 6.42 Å². The third-order valence-electron chi connectivity index (χ3n) is 1.48. The Morgan fingerprint density at radius 1 is 1.33 bits per heavy atom. The molecule has 1 nitrogen and oxygen atoms in total. The molecule has 0 aliphatic carbocycles. The summed E-state index contributed by atoms with van der Waals surface area (Å²) in [5, 5.41) is 8.52. The van der Waals surface area contributed by atoms with Crippen molar-refractivity contribution in [2.45, 2.75) is 38.0 Å². The van der Waals surface area contributed by atoms with Crippen molar-refractivity contribution in [1.29, 1.82) is 0 Å². The van der Waals surface area contributed by atoms with E-state index in [1.807, 2.05) is 0 Å². The first-order valence-corrected chi connectivity index (χ1v) is 3.76. The van der Waals surface area contributed by atoms with Crippen molar-refractivity contribution in [3.63, 3.8) is 0 Å². The van der Waals surface area contributed by atoms with E-state index in [4.69, 9.17) is 11.7 Å². The Hall–Kier alpha value is -0.510. The lowest BCUT2D eigenvalue weighted by atomic mass is 10.1. The van der Waals surface area contributed by atoms with E-state index in [2.05, 4.69) is 0 Å². The summed E-state index contributed by atoms with van der Waals surface area (Å²) in [6.07, 6.45) is -3.98. The monoisotopic (exact) mass is 181 g/mol. The minimum atomic E-state index is -4.48. The van der Waals surface area contributed by atoms with Gasteiger partial charge in [-0.25, -0.2) is 0 Å². The molecule has 1 unspecified atom stereocenters. The largest absolute Gasteiger partial charge is 0.414 e. The smallest absolute Gasteiger partial charge is 0.384 e. The van der Waals surface area contributed by atoms with Gasteiger partial charge in [0.15, 0.2) is 0 Å². The van der Waals surface area contributed by atoms with E-state index >= 15 is 0 Å². The van der Waals surface area contributed by atoms with Crippen LogP contribution in [0, 0.1) is 6.58 Å². The molecular formula is C8H12F3O. The number of allylic oxidation sites excluding steroid dienone is 1. The molecule has 0 fully saturated rings. The molecule has 0 saturated heterocycles. The predicted molar refractivity (Wildman–Crippen MR) is 39.4 cm³/mol. The molecule has 0 spiro atoms. The number of hydrogen-bond acceptors (Lipinski definition) is 1. The van der Waals surface area contributed by atoms with Gasteiger partial charge in [-0.3, -0.25) is 0 Å². The van der Waals surface area contributed by atoms with Crippen LogP contribution in [-0.4, -0.2) is 17.4 Å². The molecule has 1 radical (unpaired) electrons. The summed E-state index contributed by atoms with van der Waals surface area (Å²) in [5.41, 5.74) is 0. The van der Waals surface area contributed by atoms with Gasteiger partial charge in [-0.05, 0) is 19.3 Å². The van der Waals surface area contributed by atoms with Crippen LogP contribution in [0.5, 0.6) is 0 Å². The molecule has 71 valence electrons. The van der Waals surface area contributed by atoms with Crippen LogP contribution in [0.15, 0.2) is 6.08 Å². The van der Waals surface area contributed by atoms with Gasteiger partial charge >= 0.3 is 6.18 Å². The fourth-order valence-corrected chi connectivity index (χ4v) is 0.764. The van der Waals surface area contributed by atoms with Crippen LogP contribution in [0.2, 0.25) is 0 Å². The molecule has 0 aliphatic heterocycles. The van der Waals surface area contributed by atoms with Crippen molar-refractivity contribution in [3.05, 3.63) is 12.7 Å². The fourth-order valence-electron chi connectivity index (χ4n) is 0.764. The number of hydrogen-bond donors (Lipinski definition) is 1. The van der Waals surface area contributed by atoms with Crippen molar-refractivity contribution in [2.24, 2.45) is 0 Å². The maximum atomic E-state index is 11.7. The van der Waals surface area contributed by atoms with Gasteiger partial charge in [0.25, 0.3) is 0 Å².